The van der Waals surface area contributed by atoms with E-state index in [1.807, 2.05) is 0 Å². The number of nitrogens with zero attached hydrogens (tertiary/aromatic N) is 3. The Hall–Kier alpha value is -3.75. The van der Waals surface area contributed by atoms with E-state index >= 15 is 0 Å². The summed E-state index contributed by atoms with van der Waals surface area (Å²) in [7, 11) is 0. The molecule has 1 aliphatic rings. The molecule has 0 spiro atoms. The predicted molar refractivity (Wildman–Crippen MR) is 111 cm³/mol. The van der Waals surface area contributed by atoms with Crippen LogP contribution in [0.1, 0.15) is 41.6 Å². The summed E-state index contributed by atoms with van der Waals surface area (Å²) in [4.78, 5) is 21.5. The first-order valence-corrected chi connectivity index (χ1v) is 9.94. The molecular formula is C22H20FN5O3. The van der Waals surface area contributed by atoms with E-state index in [9.17, 15) is 9.18 Å². The molecule has 0 atom stereocenters. The minimum absolute atomic E-state index is 0.0171. The lowest BCUT2D eigenvalue weighted by Gasteiger charge is -2.13. The van der Waals surface area contributed by atoms with Crippen molar-refractivity contribution >= 4 is 22.8 Å². The SMILES string of the molecule is Cc1oc2ncnc(NC3(C)CC3)c2c1C(=O)NCc1cc(-c2ccc(F)cc2)no1. The van der Waals surface area contributed by atoms with Crippen molar-refractivity contribution in [3.8, 4) is 11.3 Å². The molecule has 0 bridgehead atoms. The highest BCUT2D eigenvalue weighted by Crippen LogP contribution is 2.40. The van der Waals surface area contributed by atoms with Crippen LogP contribution < -0.4 is 10.6 Å². The van der Waals surface area contributed by atoms with Gasteiger partial charge in [0.1, 0.15) is 29.4 Å². The number of benzene rings is 1. The molecule has 1 amide bonds. The van der Waals surface area contributed by atoms with Crippen molar-refractivity contribution in [2.75, 3.05) is 5.32 Å². The Morgan fingerprint density at radius 1 is 1.23 bits per heavy atom. The Morgan fingerprint density at radius 2 is 2.00 bits per heavy atom. The average Bonchev–Trinajstić information content (AvgIpc) is 3.14. The van der Waals surface area contributed by atoms with Crippen LogP contribution in [0, 0.1) is 12.7 Å². The van der Waals surface area contributed by atoms with Crippen molar-refractivity contribution in [3.05, 3.63) is 59.6 Å². The van der Waals surface area contributed by atoms with Gasteiger partial charge in [-0.1, -0.05) is 5.16 Å². The molecule has 8 nitrogen and oxygen atoms in total. The Balaban J connectivity index is 1.36. The first kappa shape index (κ1) is 19.2. The highest BCUT2D eigenvalue weighted by atomic mass is 19.1. The third-order valence-electron chi connectivity index (χ3n) is 5.43. The van der Waals surface area contributed by atoms with Gasteiger partial charge in [-0.15, -0.1) is 0 Å². The minimum Gasteiger partial charge on any atom is -0.442 e. The molecular weight excluding hydrogens is 401 g/mol. The summed E-state index contributed by atoms with van der Waals surface area (Å²) in [6.45, 7) is 3.96. The number of halogens is 1. The summed E-state index contributed by atoms with van der Waals surface area (Å²) < 4.78 is 24.1. The van der Waals surface area contributed by atoms with Gasteiger partial charge in [-0.25, -0.2) is 14.4 Å². The summed E-state index contributed by atoms with van der Waals surface area (Å²) in [5.41, 5.74) is 2.02. The Morgan fingerprint density at radius 3 is 2.74 bits per heavy atom. The predicted octanol–water partition coefficient (Wildman–Crippen LogP) is 4.22. The molecule has 0 aliphatic heterocycles. The van der Waals surface area contributed by atoms with Crippen LogP contribution in [0.4, 0.5) is 10.2 Å². The van der Waals surface area contributed by atoms with Crippen LogP contribution in [0.2, 0.25) is 0 Å². The second-order valence-corrected chi connectivity index (χ2v) is 7.99. The van der Waals surface area contributed by atoms with Crippen LogP contribution in [0.3, 0.4) is 0 Å². The topological polar surface area (TPSA) is 106 Å². The Kier molecular flexibility index (Phi) is 4.46. The summed E-state index contributed by atoms with van der Waals surface area (Å²) in [5.74, 6) is 0.871. The van der Waals surface area contributed by atoms with E-state index in [0.717, 1.165) is 18.4 Å². The van der Waals surface area contributed by atoms with Gasteiger partial charge in [0.25, 0.3) is 5.91 Å². The zero-order valence-corrected chi connectivity index (χ0v) is 17.0. The molecule has 31 heavy (non-hydrogen) atoms. The lowest BCUT2D eigenvalue weighted by molar-refractivity contribution is 0.0947. The van der Waals surface area contributed by atoms with Crippen molar-refractivity contribution in [2.24, 2.45) is 0 Å². The number of hydrogen-bond acceptors (Lipinski definition) is 7. The largest absolute Gasteiger partial charge is 0.442 e. The Bertz CT molecular complexity index is 1270. The monoisotopic (exact) mass is 421 g/mol. The van der Waals surface area contributed by atoms with E-state index in [0.29, 0.717) is 39.7 Å². The second kappa shape index (κ2) is 7.19. The third-order valence-corrected chi connectivity index (χ3v) is 5.43. The zero-order valence-electron chi connectivity index (χ0n) is 17.0. The molecule has 9 heteroatoms. The molecule has 1 saturated carbocycles. The van der Waals surface area contributed by atoms with E-state index in [1.165, 1.54) is 18.5 Å². The number of furan rings is 1. The number of aromatic nitrogens is 3. The molecule has 3 aromatic heterocycles. The average molecular weight is 421 g/mol. The highest BCUT2D eigenvalue weighted by molar-refractivity contribution is 6.10. The van der Waals surface area contributed by atoms with Crippen molar-refractivity contribution in [1.82, 2.24) is 20.4 Å². The van der Waals surface area contributed by atoms with Gasteiger partial charge in [-0.2, -0.15) is 0 Å². The van der Waals surface area contributed by atoms with Crippen LogP contribution in [0.15, 0.2) is 45.6 Å². The van der Waals surface area contributed by atoms with Crippen LogP contribution in [0.5, 0.6) is 0 Å². The first-order valence-electron chi connectivity index (χ1n) is 9.94. The number of carbonyl (C=O) groups excluding carboxylic acids is 1. The molecule has 158 valence electrons. The van der Waals surface area contributed by atoms with Crippen molar-refractivity contribution in [3.63, 3.8) is 0 Å². The van der Waals surface area contributed by atoms with Gasteiger partial charge >= 0.3 is 0 Å². The van der Waals surface area contributed by atoms with Gasteiger partial charge < -0.3 is 19.6 Å². The molecule has 4 aromatic rings. The second-order valence-electron chi connectivity index (χ2n) is 7.99. The fourth-order valence-electron chi connectivity index (χ4n) is 3.42. The summed E-state index contributed by atoms with van der Waals surface area (Å²) in [6, 6.07) is 7.65. The molecule has 1 aromatic carbocycles. The number of fused-ring (bicyclic) bond motifs is 1. The Labute approximate surface area is 176 Å². The van der Waals surface area contributed by atoms with E-state index in [4.69, 9.17) is 8.94 Å². The van der Waals surface area contributed by atoms with Crippen LogP contribution >= 0.6 is 0 Å². The molecule has 3 heterocycles. The lowest BCUT2D eigenvalue weighted by atomic mass is 10.1. The molecule has 2 N–H and O–H groups in total. The van der Waals surface area contributed by atoms with Crippen LogP contribution in [-0.4, -0.2) is 26.6 Å². The van der Waals surface area contributed by atoms with Gasteiger partial charge in [0.15, 0.2) is 5.76 Å². The normalized spacial score (nSPS) is 14.5. The lowest BCUT2D eigenvalue weighted by Crippen LogP contribution is -2.24. The summed E-state index contributed by atoms with van der Waals surface area (Å²) in [6.07, 6.45) is 3.50. The molecule has 1 fully saturated rings. The molecule has 1 aliphatic carbocycles. The molecule has 0 unspecified atom stereocenters. The first-order chi connectivity index (χ1) is 14.9. The maximum atomic E-state index is 13.1. The fraction of sp³-hybridized carbons (Fsp3) is 0.273. The molecule has 5 rings (SSSR count). The molecule has 0 radical (unpaired) electrons. The smallest absolute Gasteiger partial charge is 0.256 e. The standard InChI is InChI=1S/C22H20FN5O3/c1-12-17(18-19(27-22(2)7-8-22)25-11-26-21(18)30-12)20(29)24-10-15-9-16(28-31-15)13-3-5-14(23)6-4-13/h3-6,9,11H,7-8,10H2,1-2H3,(H,24,29)(H,25,26,27). The van der Waals surface area contributed by atoms with Crippen LogP contribution in [0.25, 0.3) is 22.4 Å². The number of hydrogen-bond donors (Lipinski definition) is 2. The minimum atomic E-state index is -0.324. The van der Waals surface area contributed by atoms with Crippen molar-refractivity contribution in [2.45, 2.75) is 38.8 Å². The van der Waals surface area contributed by atoms with Crippen molar-refractivity contribution < 1.29 is 18.1 Å². The van der Waals surface area contributed by atoms with Gasteiger partial charge in [-0.05, 0) is 51.0 Å². The number of rotatable bonds is 6. The number of amides is 1. The number of anilines is 1. The van der Waals surface area contributed by atoms with Gasteiger partial charge in [0, 0.05) is 17.2 Å². The van der Waals surface area contributed by atoms with E-state index in [1.54, 1.807) is 25.1 Å². The van der Waals surface area contributed by atoms with E-state index in [2.05, 4.69) is 32.7 Å². The van der Waals surface area contributed by atoms with Gasteiger partial charge in [0.05, 0.1) is 17.5 Å². The quantitative estimate of drug-likeness (QED) is 0.480. The van der Waals surface area contributed by atoms with E-state index in [-0.39, 0.29) is 23.8 Å². The zero-order chi connectivity index (χ0) is 21.6. The maximum Gasteiger partial charge on any atom is 0.256 e. The summed E-state index contributed by atoms with van der Waals surface area (Å²) >= 11 is 0. The number of nitrogens with one attached hydrogen (secondary N) is 2. The fourth-order valence-corrected chi connectivity index (χ4v) is 3.42. The van der Waals surface area contributed by atoms with Crippen molar-refractivity contribution in [1.29, 1.82) is 0 Å². The maximum absolute atomic E-state index is 13.1. The molecule has 0 saturated heterocycles. The summed E-state index contributed by atoms with van der Waals surface area (Å²) in [5, 5.41) is 10.8. The van der Waals surface area contributed by atoms with E-state index < -0.39 is 0 Å². The van der Waals surface area contributed by atoms with Gasteiger partial charge in [-0.3, -0.25) is 4.79 Å². The number of aryl methyl sites for hydroxylation is 1. The highest BCUT2D eigenvalue weighted by Gasteiger charge is 2.38. The third kappa shape index (κ3) is 3.74. The van der Waals surface area contributed by atoms with Gasteiger partial charge in [0.2, 0.25) is 5.71 Å². The number of carbonyl (C=O) groups is 1. The van der Waals surface area contributed by atoms with Crippen LogP contribution in [-0.2, 0) is 6.54 Å².